The molecule has 0 amide bonds. The summed E-state index contributed by atoms with van der Waals surface area (Å²) in [6.07, 6.45) is 1.75. The van der Waals surface area contributed by atoms with Crippen molar-refractivity contribution in [2.75, 3.05) is 38.6 Å². The molecule has 0 radical (unpaired) electrons. The first kappa shape index (κ1) is 16.4. The average molecular weight is 279 g/mol. The summed E-state index contributed by atoms with van der Waals surface area (Å²) in [5.74, 6) is -0.127. The van der Waals surface area contributed by atoms with E-state index < -0.39 is 5.97 Å². The Balaban J connectivity index is 3.04. The number of aromatic carboxylic acids is 1. The molecule has 0 aliphatic heterocycles. The number of aromatic nitrogens is 1. The van der Waals surface area contributed by atoms with Gasteiger partial charge < -0.3 is 14.9 Å². The largest absolute Gasteiger partial charge is 0.478 e. The van der Waals surface area contributed by atoms with Crippen LogP contribution >= 0.6 is 0 Å². The number of aryl methyl sites for hydroxylation is 1. The summed E-state index contributed by atoms with van der Waals surface area (Å²) in [5.41, 5.74) is 1.14. The molecule has 1 N–H and O–H groups in total. The van der Waals surface area contributed by atoms with Gasteiger partial charge in [-0.2, -0.15) is 0 Å². The van der Waals surface area contributed by atoms with E-state index in [2.05, 4.69) is 21.7 Å². The molecule has 1 aromatic rings. The Bertz CT molecular complexity index is 447. The van der Waals surface area contributed by atoms with E-state index in [0.29, 0.717) is 5.56 Å². The number of carboxylic acid groups (broad SMARTS) is 1. The summed E-state index contributed by atoms with van der Waals surface area (Å²) in [6, 6.07) is 3.33. The highest BCUT2D eigenvalue weighted by Crippen LogP contribution is 2.16. The second-order valence-electron chi connectivity index (χ2n) is 5.15. The number of nitrogens with zero attached hydrogens (tertiary/aromatic N) is 3. The van der Waals surface area contributed by atoms with E-state index in [0.717, 1.165) is 44.0 Å². The van der Waals surface area contributed by atoms with Crippen molar-refractivity contribution in [1.29, 1.82) is 0 Å². The highest BCUT2D eigenvalue weighted by molar-refractivity contribution is 5.88. The molecule has 0 unspecified atom stereocenters. The van der Waals surface area contributed by atoms with Gasteiger partial charge in [0.2, 0.25) is 0 Å². The molecule has 5 heteroatoms. The van der Waals surface area contributed by atoms with Crippen molar-refractivity contribution in [3.05, 3.63) is 23.4 Å². The molecule has 0 aromatic carbocycles. The first-order valence-corrected chi connectivity index (χ1v) is 7.11. The maximum atomic E-state index is 11.2. The van der Waals surface area contributed by atoms with Crippen LogP contribution in [0.5, 0.6) is 0 Å². The number of carboxylic acids is 1. The Morgan fingerprint density at radius 2 is 1.90 bits per heavy atom. The molecular formula is C15H25N3O2. The standard InChI is InChI=1S/C15H25N3O2/c1-5-7-18(9-8-17(3)4)14-11-12(15(19)20)10-13(6-2)16-14/h10-11H,5-9H2,1-4H3,(H,19,20). The molecule has 1 aromatic heterocycles. The molecule has 0 aliphatic carbocycles. The number of likely N-dealkylation sites (N-methyl/N-ethyl adjacent to an activating group) is 1. The molecule has 5 nitrogen and oxygen atoms in total. The molecule has 112 valence electrons. The minimum Gasteiger partial charge on any atom is -0.478 e. The number of hydrogen-bond donors (Lipinski definition) is 1. The van der Waals surface area contributed by atoms with E-state index in [1.54, 1.807) is 12.1 Å². The van der Waals surface area contributed by atoms with Gasteiger partial charge in [0, 0.05) is 25.3 Å². The van der Waals surface area contributed by atoms with Crippen LogP contribution in [0.25, 0.3) is 0 Å². The monoisotopic (exact) mass is 279 g/mol. The third-order valence-electron chi connectivity index (χ3n) is 3.11. The smallest absolute Gasteiger partial charge is 0.335 e. The molecule has 0 atom stereocenters. The van der Waals surface area contributed by atoms with Crippen molar-refractivity contribution in [2.24, 2.45) is 0 Å². The summed E-state index contributed by atoms with van der Waals surface area (Å²) in [4.78, 5) is 20.1. The first-order valence-electron chi connectivity index (χ1n) is 7.11. The summed E-state index contributed by atoms with van der Waals surface area (Å²) in [6.45, 7) is 6.75. The Morgan fingerprint density at radius 1 is 1.20 bits per heavy atom. The van der Waals surface area contributed by atoms with Crippen molar-refractivity contribution in [3.63, 3.8) is 0 Å². The van der Waals surface area contributed by atoms with Crippen molar-refractivity contribution in [3.8, 4) is 0 Å². The van der Waals surface area contributed by atoms with Gasteiger partial charge in [-0.15, -0.1) is 0 Å². The highest BCUT2D eigenvalue weighted by Gasteiger charge is 2.13. The molecule has 0 aliphatic rings. The quantitative estimate of drug-likeness (QED) is 0.790. The number of carbonyl (C=O) groups is 1. The van der Waals surface area contributed by atoms with Crippen LogP contribution in [0, 0.1) is 0 Å². The van der Waals surface area contributed by atoms with Crippen LogP contribution in [-0.4, -0.2) is 54.7 Å². The van der Waals surface area contributed by atoms with Crippen LogP contribution < -0.4 is 4.90 Å². The maximum Gasteiger partial charge on any atom is 0.335 e. The van der Waals surface area contributed by atoms with Crippen molar-refractivity contribution >= 4 is 11.8 Å². The zero-order chi connectivity index (χ0) is 15.1. The van der Waals surface area contributed by atoms with Crippen LogP contribution in [-0.2, 0) is 6.42 Å². The van der Waals surface area contributed by atoms with E-state index in [9.17, 15) is 9.90 Å². The molecule has 0 saturated carbocycles. The molecule has 0 spiro atoms. The molecule has 1 rings (SSSR count). The molecule has 1 heterocycles. The summed E-state index contributed by atoms with van der Waals surface area (Å²) < 4.78 is 0. The zero-order valence-corrected chi connectivity index (χ0v) is 12.9. The second-order valence-corrected chi connectivity index (χ2v) is 5.15. The van der Waals surface area contributed by atoms with Gasteiger partial charge in [-0.05, 0) is 39.1 Å². The fourth-order valence-electron chi connectivity index (χ4n) is 1.97. The van der Waals surface area contributed by atoms with Crippen molar-refractivity contribution < 1.29 is 9.90 Å². The fourth-order valence-corrected chi connectivity index (χ4v) is 1.97. The number of pyridine rings is 1. The van der Waals surface area contributed by atoms with Gasteiger partial charge in [0.05, 0.1) is 5.56 Å². The Hall–Kier alpha value is -1.62. The van der Waals surface area contributed by atoms with E-state index >= 15 is 0 Å². The number of anilines is 1. The van der Waals surface area contributed by atoms with Crippen LogP contribution in [0.2, 0.25) is 0 Å². The van der Waals surface area contributed by atoms with Gasteiger partial charge >= 0.3 is 5.97 Å². The van der Waals surface area contributed by atoms with E-state index in [1.165, 1.54) is 0 Å². The number of rotatable bonds is 8. The Morgan fingerprint density at radius 3 is 2.40 bits per heavy atom. The minimum absolute atomic E-state index is 0.317. The minimum atomic E-state index is -0.896. The van der Waals surface area contributed by atoms with Gasteiger partial charge in [-0.1, -0.05) is 13.8 Å². The van der Waals surface area contributed by atoms with Crippen molar-refractivity contribution in [1.82, 2.24) is 9.88 Å². The zero-order valence-electron chi connectivity index (χ0n) is 12.9. The predicted octanol–water partition coefficient (Wildman–Crippen LogP) is 2.12. The van der Waals surface area contributed by atoms with Crippen LogP contribution in [0.1, 0.15) is 36.3 Å². The van der Waals surface area contributed by atoms with Gasteiger partial charge in [-0.3, -0.25) is 0 Å². The lowest BCUT2D eigenvalue weighted by molar-refractivity contribution is 0.0696. The normalized spacial score (nSPS) is 10.8. The first-order chi connectivity index (χ1) is 9.47. The van der Waals surface area contributed by atoms with Crippen LogP contribution in [0.4, 0.5) is 5.82 Å². The lowest BCUT2D eigenvalue weighted by Gasteiger charge is -2.25. The maximum absolute atomic E-state index is 11.2. The van der Waals surface area contributed by atoms with Crippen LogP contribution in [0.3, 0.4) is 0 Å². The van der Waals surface area contributed by atoms with E-state index in [4.69, 9.17) is 0 Å². The number of hydrogen-bond acceptors (Lipinski definition) is 4. The van der Waals surface area contributed by atoms with Gasteiger partial charge in [0.15, 0.2) is 0 Å². The Labute approximate surface area is 121 Å². The third-order valence-corrected chi connectivity index (χ3v) is 3.11. The summed E-state index contributed by atoms with van der Waals surface area (Å²) in [7, 11) is 4.06. The summed E-state index contributed by atoms with van der Waals surface area (Å²) >= 11 is 0. The van der Waals surface area contributed by atoms with E-state index in [-0.39, 0.29) is 0 Å². The summed E-state index contributed by atoms with van der Waals surface area (Å²) in [5, 5.41) is 9.20. The average Bonchev–Trinajstić information content (AvgIpc) is 2.42. The third kappa shape index (κ3) is 4.81. The predicted molar refractivity (Wildman–Crippen MR) is 81.6 cm³/mol. The van der Waals surface area contributed by atoms with Gasteiger partial charge in [0.1, 0.15) is 5.82 Å². The van der Waals surface area contributed by atoms with Crippen molar-refractivity contribution in [2.45, 2.75) is 26.7 Å². The lowest BCUT2D eigenvalue weighted by atomic mass is 10.2. The second kappa shape index (κ2) is 7.85. The van der Waals surface area contributed by atoms with E-state index in [1.807, 2.05) is 21.0 Å². The highest BCUT2D eigenvalue weighted by atomic mass is 16.4. The fraction of sp³-hybridized carbons (Fsp3) is 0.600. The molecule has 0 saturated heterocycles. The molecule has 0 bridgehead atoms. The topological polar surface area (TPSA) is 56.7 Å². The molecular weight excluding hydrogens is 254 g/mol. The Kier molecular flexibility index (Phi) is 6.45. The molecule has 0 fully saturated rings. The van der Waals surface area contributed by atoms with Gasteiger partial charge in [0.25, 0.3) is 0 Å². The lowest BCUT2D eigenvalue weighted by Crippen LogP contribution is -2.33. The van der Waals surface area contributed by atoms with Crippen LogP contribution in [0.15, 0.2) is 12.1 Å². The van der Waals surface area contributed by atoms with Gasteiger partial charge in [-0.25, -0.2) is 9.78 Å². The SMILES string of the molecule is CCCN(CCN(C)C)c1cc(C(=O)O)cc(CC)n1. The molecule has 20 heavy (non-hydrogen) atoms.